The van der Waals surface area contributed by atoms with Crippen molar-refractivity contribution in [3.05, 3.63) is 0 Å². The van der Waals surface area contributed by atoms with Gasteiger partial charge < -0.3 is 10.6 Å². The second kappa shape index (κ2) is 6.21. The summed E-state index contributed by atoms with van der Waals surface area (Å²) in [5.41, 5.74) is 5.83. The van der Waals surface area contributed by atoms with E-state index in [4.69, 9.17) is 5.73 Å². The number of likely N-dealkylation sites (tertiary alicyclic amines) is 1. The van der Waals surface area contributed by atoms with Gasteiger partial charge in [0.1, 0.15) is 0 Å². The minimum atomic E-state index is 0.226. The van der Waals surface area contributed by atoms with E-state index in [1.54, 1.807) is 0 Å². The number of likely N-dealkylation sites (N-methyl/N-ethyl adjacent to an activating group) is 1. The topological polar surface area (TPSA) is 49.6 Å². The van der Waals surface area contributed by atoms with Crippen LogP contribution in [0.25, 0.3) is 0 Å². The molecule has 4 heteroatoms. The largest absolute Gasteiger partial charge is 0.344 e. The van der Waals surface area contributed by atoms with E-state index in [2.05, 4.69) is 18.7 Å². The van der Waals surface area contributed by atoms with Crippen molar-refractivity contribution >= 4 is 5.91 Å². The van der Waals surface area contributed by atoms with Gasteiger partial charge in [0.05, 0.1) is 6.54 Å². The molecule has 1 amide bonds. The minimum absolute atomic E-state index is 0.226. The lowest BCUT2D eigenvalue weighted by Gasteiger charge is -2.31. The molecule has 1 saturated heterocycles. The summed E-state index contributed by atoms with van der Waals surface area (Å²) < 4.78 is 0. The Kier molecular flexibility index (Phi) is 5.22. The van der Waals surface area contributed by atoms with Gasteiger partial charge in [0, 0.05) is 32.7 Å². The Morgan fingerprint density at radius 3 is 2.50 bits per heavy atom. The molecule has 0 radical (unpaired) electrons. The van der Waals surface area contributed by atoms with E-state index >= 15 is 0 Å². The molecule has 1 aliphatic heterocycles. The molecule has 2 N–H and O–H groups in total. The number of amides is 1. The lowest BCUT2D eigenvalue weighted by molar-refractivity contribution is -0.131. The second-order valence-electron chi connectivity index (χ2n) is 5.28. The number of carbonyl (C=O) groups excluding carboxylic acids is 1. The molecule has 0 saturated carbocycles. The fourth-order valence-corrected chi connectivity index (χ4v) is 2.07. The smallest absolute Gasteiger partial charge is 0.236 e. The normalized spacial score (nSPS) is 19.1. The highest BCUT2D eigenvalue weighted by atomic mass is 16.2. The zero-order valence-corrected chi connectivity index (χ0v) is 10.8. The Balaban J connectivity index is 2.28. The third-order valence-electron chi connectivity index (χ3n) is 3.06. The molecule has 4 nitrogen and oxygen atoms in total. The third kappa shape index (κ3) is 4.49. The van der Waals surface area contributed by atoms with Crippen LogP contribution in [0.15, 0.2) is 0 Å². The van der Waals surface area contributed by atoms with E-state index in [1.165, 1.54) is 0 Å². The van der Waals surface area contributed by atoms with Crippen LogP contribution in [0.4, 0.5) is 0 Å². The number of nitrogens with zero attached hydrogens (tertiary/aromatic N) is 2. The average Bonchev–Trinajstić information content (AvgIpc) is 2.20. The first-order chi connectivity index (χ1) is 7.49. The third-order valence-corrected chi connectivity index (χ3v) is 3.06. The molecule has 0 bridgehead atoms. The minimum Gasteiger partial charge on any atom is -0.344 e. The number of nitrogens with two attached hydrogens (primary N) is 1. The van der Waals surface area contributed by atoms with E-state index in [0.29, 0.717) is 18.5 Å². The molecule has 16 heavy (non-hydrogen) atoms. The molecule has 0 aromatic carbocycles. The molecule has 0 aromatic rings. The zero-order chi connectivity index (χ0) is 12.1. The monoisotopic (exact) mass is 227 g/mol. The maximum atomic E-state index is 11.9. The van der Waals surface area contributed by atoms with Gasteiger partial charge in [0.25, 0.3) is 0 Å². The van der Waals surface area contributed by atoms with Gasteiger partial charge in [0.15, 0.2) is 0 Å². The van der Waals surface area contributed by atoms with Crippen LogP contribution >= 0.6 is 0 Å². The lowest BCUT2D eigenvalue weighted by Crippen LogP contribution is -2.45. The Bertz CT molecular complexity index is 222. The van der Waals surface area contributed by atoms with Crippen molar-refractivity contribution in [2.45, 2.75) is 32.7 Å². The standard InChI is InChI=1S/C12H25N3O/c1-10(2)8-14(3)12(16)9-15-6-4-11(13)5-7-15/h10-11H,4-9,13H2,1-3H3. The molecular weight excluding hydrogens is 202 g/mol. The van der Waals surface area contributed by atoms with Crippen LogP contribution in [0.1, 0.15) is 26.7 Å². The van der Waals surface area contributed by atoms with Crippen LogP contribution in [0.5, 0.6) is 0 Å². The van der Waals surface area contributed by atoms with Gasteiger partial charge >= 0.3 is 0 Å². The van der Waals surface area contributed by atoms with Crippen LogP contribution in [0.2, 0.25) is 0 Å². The average molecular weight is 227 g/mol. The molecule has 1 rings (SSSR count). The first kappa shape index (κ1) is 13.5. The Morgan fingerprint density at radius 2 is 2.00 bits per heavy atom. The van der Waals surface area contributed by atoms with Crippen molar-refractivity contribution in [2.75, 3.05) is 33.2 Å². The van der Waals surface area contributed by atoms with Crippen molar-refractivity contribution < 1.29 is 4.79 Å². The summed E-state index contributed by atoms with van der Waals surface area (Å²) in [6, 6.07) is 0.333. The van der Waals surface area contributed by atoms with E-state index in [0.717, 1.165) is 32.5 Å². The molecule has 0 unspecified atom stereocenters. The summed E-state index contributed by atoms with van der Waals surface area (Å²) in [6.07, 6.45) is 2.03. The lowest BCUT2D eigenvalue weighted by atomic mass is 10.1. The predicted molar refractivity (Wildman–Crippen MR) is 66.1 cm³/mol. The molecule has 94 valence electrons. The summed E-state index contributed by atoms with van der Waals surface area (Å²) in [5.74, 6) is 0.757. The molecule has 0 atom stereocenters. The van der Waals surface area contributed by atoms with Crippen LogP contribution in [0.3, 0.4) is 0 Å². The van der Waals surface area contributed by atoms with E-state index < -0.39 is 0 Å². The SMILES string of the molecule is CC(C)CN(C)C(=O)CN1CCC(N)CC1. The van der Waals surface area contributed by atoms with Gasteiger partial charge in [-0.15, -0.1) is 0 Å². The van der Waals surface area contributed by atoms with Crippen molar-refractivity contribution in [1.29, 1.82) is 0 Å². The van der Waals surface area contributed by atoms with Gasteiger partial charge in [-0.25, -0.2) is 0 Å². The van der Waals surface area contributed by atoms with Gasteiger partial charge in [-0.3, -0.25) is 9.69 Å². The van der Waals surface area contributed by atoms with Crippen LogP contribution in [-0.2, 0) is 4.79 Å². The van der Waals surface area contributed by atoms with Gasteiger partial charge in [-0.1, -0.05) is 13.8 Å². The highest BCUT2D eigenvalue weighted by molar-refractivity contribution is 5.78. The molecule has 1 aliphatic rings. The fraction of sp³-hybridized carbons (Fsp3) is 0.917. The second-order valence-corrected chi connectivity index (χ2v) is 5.28. The molecule has 0 aromatic heterocycles. The first-order valence-electron chi connectivity index (χ1n) is 6.21. The summed E-state index contributed by atoms with van der Waals surface area (Å²) in [6.45, 7) is 7.57. The maximum absolute atomic E-state index is 11.9. The molecule has 1 fully saturated rings. The predicted octanol–water partition coefficient (Wildman–Crippen LogP) is 0.524. The van der Waals surface area contributed by atoms with Crippen LogP contribution in [0, 0.1) is 5.92 Å². The Morgan fingerprint density at radius 1 is 1.44 bits per heavy atom. The van der Waals surface area contributed by atoms with Crippen molar-refractivity contribution in [2.24, 2.45) is 11.7 Å². The van der Waals surface area contributed by atoms with Gasteiger partial charge in [-0.2, -0.15) is 0 Å². The van der Waals surface area contributed by atoms with Crippen LogP contribution in [-0.4, -0.2) is 55.0 Å². The summed E-state index contributed by atoms with van der Waals surface area (Å²) >= 11 is 0. The van der Waals surface area contributed by atoms with Crippen molar-refractivity contribution in [3.8, 4) is 0 Å². The maximum Gasteiger partial charge on any atom is 0.236 e. The molecule has 0 aliphatic carbocycles. The molecule has 0 spiro atoms. The number of hydrogen-bond donors (Lipinski definition) is 1. The Hall–Kier alpha value is -0.610. The van der Waals surface area contributed by atoms with E-state index in [-0.39, 0.29) is 5.91 Å². The number of piperidine rings is 1. The van der Waals surface area contributed by atoms with E-state index in [9.17, 15) is 4.79 Å². The zero-order valence-electron chi connectivity index (χ0n) is 10.8. The molecule has 1 heterocycles. The first-order valence-corrected chi connectivity index (χ1v) is 6.21. The van der Waals surface area contributed by atoms with E-state index in [1.807, 2.05) is 11.9 Å². The number of hydrogen-bond acceptors (Lipinski definition) is 3. The van der Waals surface area contributed by atoms with Gasteiger partial charge in [-0.05, 0) is 18.8 Å². The summed E-state index contributed by atoms with van der Waals surface area (Å²) in [7, 11) is 1.89. The number of rotatable bonds is 4. The highest BCUT2D eigenvalue weighted by Crippen LogP contribution is 2.08. The highest BCUT2D eigenvalue weighted by Gasteiger charge is 2.19. The fourth-order valence-electron chi connectivity index (χ4n) is 2.07. The summed E-state index contributed by atoms with van der Waals surface area (Å²) in [4.78, 5) is 15.9. The quantitative estimate of drug-likeness (QED) is 0.762. The van der Waals surface area contributed by atoms with Gasteiger partial charge in [0.2, 0.25) is 5.91 Å². The Labute approximate surface area is 98.8 Å². The van der Waals surface area contributed by atoms with Crippen LogP contribution < -0.4 is 5.73 Å². The summed E-state index contributed by atoms with van der Waals surface area (Å²) in [5, 5.41) is 0. The van der Waals surface area contributed by atoms with Crippen molar-refractivity contribution in [3.63, 3.8) is 0 Å². The van der Waals surface area contributed by atoms with Crippen molar-refractivity contribution in [1.82, 2.24) is 9.80 Å². The number of carbonyl (C=O) groups is 1. The molecular formula is C12H25N3O.